The highest BCUT2D eigenvalue weighted by Gasteiger charge is 2.23. The monoisotopic (exact) mass is 535 g/mol. The minimum Gasteiger partial charge on any atom is -0.453 e. The SMILES string of the molecule is COC(=O)N[C@@H](CC/C=C/C(=O)N(C)C)C(=O)Cc1cccn(CC2=Nc3c(CC(C)C)ccnc3C2)c1=O. The molecule has 2 aromatic rings. The molecule has 0 fully saturated rings. The Morgan fingerprint density at radius 1 is 1.21 bits per heavy atom. The number of hydrogen-bond acceptors (Lipinski definition) is 7. The topological polar surface area (TPSA) is 123 Å². The Balaban J connectivity index is 1.72. The summed E-state index contributed by atoms with van der Waals surface area (Å²) in [4.78, 5) is 60.7. The van der Waals surface area contributed by atoms with Crippen LogP contribution in [0.1, 0.15) is 43.5 Å². The number of nitrogens with one attached hydrogen (secondary N) is 1. The molecule has 2 aromatic heterocycles. The second kappa shape index (κ2) is 13.6. The van der Waals surface area contributed by atoms with Crippen LogP contribution in [0.3, 0.4) is 0 Å². The van der Waals surface area contributed by atoms with Gasteiger partial charge in [0, 0.05) is 50.6 Å². The molecule has 2 amide bonds. The van der Waals surface area contributed by atoms with Gasteiger partial charge < -0.3 is 19.5 Å². The molecule has 3 heterocycles. The molecular formula is C29H37N5O5. The number of nitrogens with zero attached hydrogens (tertiary/aromatic N) is 4. The van der Waals surface area contributed by atoms with Gasteiger partial charge in [-0.3, -0.25) is 24.4 Å². The summed E-state index contributed by atoms with van der Waals surface area (Å²) in [6.07, 6.45) is 7.79. The van der Waals surface area contributed by atoms with Crippen molar-refractivity contribution in [1.82, 2.24) is 19.8 Å². The summed E-state index contributed by atoms with van der Waals surface area (Å²) in [6, 6.07) is 4.48. The fourth-order valence-corrected chi connectivity index (χ4v) is 4.36. The lowest BCUT2D eigenvalue weighted by Gasteiger charge is -2.16. The lowest BCUT2D eigenvalue weighted by Crippen LogP contribution is -2.42. The first-order valence-electron chi connectivity index (χ1n) is 13.1. The predicted octanol–water partition coefficient (Wildman–Crippen LogP) is 3.03. The molecule has 1 atom stereocenters. The Hall–Kier alpha value is -4.08. The molecule has 0 saturated carbocycles. The van der Waals surface area contributed by atoms with Crippen LogP contribution in [0.15, 0.2) is 52.5 Å². The van der Waals surface area contributed by atoms with Crippen molar-refractivity contribution in [2.75, 3.05) is 21.2 Å². The van der Waals surface area contributed by atoms with E-state index in [-0.39, 0.29) is 30.1 Å². The Bertz CT molecular complexity index is 1330. The van der Waals surface area contributed by atoms with E-state index in [2.05, 4.69) is 28.9 Å². The summed E-state index contributed by atoms with van der Waals surface area (Å²) in [5.74, 6) is -0.0112. The molecule has 0 aromatic carbocycles. The van der Waals surface area contributed by atoms with E-state index < -0.39 is 12.1 Å². The molecule has 0 unspecified atom stereocenters. The second-order valence-electron chi connectivity index (χ2n) is 10.2. The molecule has 0 aliphatic carbocycles. The van der Waals surface area contributed by atoms with Crippen LogP contribution in [0, 0.1) is 5.92 Å². The molecule has 208 valence electrons. The molecule has 39 heavy (non-hydrogen) atoms. The van der Waals surface area contributed by atoms with Crippen LogP contribution in [0.2, 0.25) is 0 Å². The quantitative estimate of drug-likeness (QED) is 0.417. The van der Waals surface area contributed by atoms with Gasteiger partial charge in [-0.2, -0.15) is 0 Å². The first-order valence-corrected chi connectivity index (χ1v) is 13.1. The maximum Gasteiger partial charge on any atom is 0.407 e. The number of carbonyl (C=O) groups is 3. The molecule has 10 heteroatoms. The number of rotatable bonds is 12. The molecule has 10 nitrogen and oxygen atoms in total. The number of allylic oxidation sites excluding steroid dienone is 1. The van der Waals surface area contributed by atoms with Crippen LogP contribution >= 0.6 is 0 Å². The first-order chi connectivity index (χ1) is 18.6. The molecule has 0 spiro atoms. The zero-order valence-corrected chi connectivity index (χ0v) is 23.3. The number of amides is 2. The van der Waals surface area contributed by atoms with E-state index in [0.29, 0.717) is 30.9 Å². The van der Waals surface area contributed by atoms with Crippen molar-refractivity contribution in [3.05, 3.63) is 69.9 Å². The highest BCUT2D eigenvalue weighted by Crippen LogP contribution is 2.30. The number of ether oxygens (including phenoxy) is 1. The van der Waals surface area contributed by atoms with Crippen molar-refractivity contribution in [2.45, 2.75) is 58.5 Å². The van der Waals surface area contributed by atoms with Crippen molar-refractivity contribution < 1.29 is 19.1 Å². The number of alkyl carbamates (subject to hydrolysis) is 1. The maximum absolute atomic E-state index is 13.3. The highest BCUT2D eigenvalue weighted by atomic mass is 16.5. The number of pyridine rings is 2. The van der Waals surface area contributed by atoms with Crippen molar-refractivity contribution >= 4 is 29.2 Å². The zero-order valence-electron chi connectivity index (χ0n) is 23.3. The lowest BCUT2D eigenvalue weighted by molar-refractivity contribution is -0.123. The number of Topliss-reactive ketones (excluding diaryl/α,β-unsaturated/α-hetero) is 1. The summed E-state index contributed by atoms with van der Waals surface area (Å²) in [5.41, 5.74) is 3.85. The first kappa shape index (κ1) is 29.5. The van der Waals surface area contributed by atoms with Gasteiger partial charge in [-0.1, -0.05) is 26.0 Å². The van der Waals surface area contributed by atoms with Gasteiger partial charge in [-0.05, 0) is 49.0 Å². The molecule has 1 aliphatic rings. The number of ketones is 1. The van der Waals surface area contributed by atoms with Crippen molar-refractivity contribution in [2.24, 2.45) is 10.9 Å². The van der Waals surface area contributed by atoms with E-state index >= 15 is 0 Å². The second-order valence-corrected chi connectivity index (χ2v) is 10.2. The van der Waals surface area contributed by atoms with E-state index in [9.17, 15) is 19.2 Å². The maximum atomic E-state index is 13.3. The number of aromatic nitrogens is 2. The van der Waals surface area contributed by atoms with E-state index in [0.717, 1.165) is 29.1 Å². The number of fused-ring (bicyclic) bond motifs is 1. The van der Waals surface area contributed by atoms with Gasteiger partial charge in [0.1, 0.15) is 0 Å². The van der Waals surface area contributed by atoms with Crippen LogP contribution in [-0.2, 0) is 40.1 Å². The fraction of sp³-hybridized carbons (Fsp3) is 0.448. The van der Waals surface area contributed by atoms with Crippen molar-refractivity contribution in [1.29, 1.82) is 0 Å². The van der Waals surface area contributed by atoms with Crippen LogP contribution < -0.4 is 10.9 Å². The Labute approximate surface area is 228 Å². The minimum absolute atomic E-state index is 0.151. The summed E-state index contributed by atoms with van der Waals surface area (Å²) in [6.45, 7) is 4.62. The molecule has 3 rings (SSSR count). The van der Waals surface area contributed by atoms with Crippen molar-refractivity contribution in [3.8, 4) is 0 Å². The average molecular weight is 536 g/mol. The van der Waals surface area contributed by atoms with Gasteiger partial charge in [0.2, 0.25) is 5.91 Å². The van der Waals surface area contributed by atoms with Crippen molar-refractivity contribution in [3.63, 3.8) is 0 Å². The van der Waals surface area contributed by atoms with Crippen LogP contribution in [0.25, 0.3) is 0 Å². The lowest BCUT2D eigenvalue weighted by atomic mass is 10.0. The van der Waals surface area contributed by atoms with Gasteiger partial charge in [-0.25, -0.2) is 4.79 Å². The van der Waals surface area contributed by atoms with E-state index in [4.69, 9.17) is 4.99 Å². The smallest absolute Gasteiger partial charge is 0.407 e. The third kappa shape index (κ3) is 8.20. The zero-order chi connectivity index (χ0) is 28.5. The number of aliphatic imine (C=N–C) groups is 1. The number of hydrogen-bond donors (Lipinski definition) is 1. The van der Waals surface area contributed by atoms with E-state index in [1.165, 1.54) is 18.1 Å². The Morgan fingerprint density at radius 3 is 2.67 bits per heavy atom. The number of carbonyl (C=O) groups excluding carboxylic acids is 3. The molecule has 1 aliphatic heterocycles. The minimum atomic E-state index is -0.872. The fourth-order valence-electron chi connectivity index (χ4n) is 4.36. The van der Waals surface area contributed by atoms with Crippen LogP contribution in [0.4, 0.5) is 10.5 Å². The van der Waals surface area contributed by atoms with E-state index in [1.54, 1.807) is 43.1 Å². The summed E-state index contributed by atoms with van der Waals surface area (Å²) in [7, 11) is 4.50. The third-order valence-corrected chi connectivity index (χ3v) is 6.36. The van der Waals surface area contributed by atoms with Gasteiger partial charge in [0.05, 0.1) is 31.1 Å². The van der Waals surface area contributed by atoms with Gasteiger partial charge >= 0.3 is 6.09 Å². The Morgan fingerprint density at radius 2 is 1.97 bits per heavy atom. The van der Waals surface area contributed by atoms with E-state index in [1.807, 2.05) is 12.3 Å². The summed E-state index contributed by atoms with van der Waals surface area (Å²) < 4.78 is 6.21. The summed E-state index contributed by atoms with van der Waals surface area (Å²) >= 11 is 0. The number of likely N-dealkylation sites (N-methyl/N-ethyl adjacent to an activating group) is 1. The standard InChI is InChI=1S/C29H37N5O5/c1-19(2)15-20-12-13-30-24-17-22(31-27(20)24)18-34-14-8-9-21(28(34)37)16-25(35)23(32-29(38)39-5)10-6-7-11-26(36)33(3)4/h7-9,11-14,19,23H,6,10,15-18H2,1-5H3,(H,32,38)/b11-7+/t23-/m0/s1. The number of methoxy groups -OCH3 is 1. The largest absolute Gasteiger partial charge is 0.453 e. The third-order valence-electron chi connectivity index (χ3n) is 6.36. The molecular weight excluding hydrogens is 498 g/mol. The normalized spacial score (nSPS) is 13.2. The van der Waals surface area contributed by atoms with Gasteiger partial charge in [0.15, 0.2) is 5.78 Å². The molecule has 0 radical (unpaired) electrons. The van der Waals surface area contributed by atoms with Crippen LogP contribution in [-0.4, -0.2) is 65.2 Å². The average Bonchev–Trinajstić information content (AvgIpc) is 3.31. The van der Waals surface area contributed by atoms with Crippen LogP contribution in [0.5, 0.6) is 0 Å². The van der Waals surface area contributed by atoms with Gasteiger partial charge in [-0.15, -0.1) is 0 Å². The molecule has 0 bridgehead atoms. The summed E-state index contributed by atoms with van der Waals surface area (Å²) in [5, 5.41) is 2.54. The highest BCUT2D eigenvalue weighted by molar-refractivity contribution is 5.94. The van der Waals surface area contributed by atoms with Gasteiger partial charge in [0.25, 0.3) is 5.56 Å². The predicted molar refractivity (Wildman–Crippen MR) is 149 cm³/mol. The Kier molecular flexibility index (Phi) is 10.3. The molecule has 0 saturated heterocycles. The molecule has 1 N–H and O–H groups in total.